The Morgan fingerprint density at radius 2 is 2.08 bits per heavy atom. The summed E-state index contributed by atoms with van der Waals surface area (Å²) in [6.45, 7) is 0. The fourth-order valence-electron chi connectivity index (χ4n) is 1.49. The average Bonchev–Trinajstić information content (AvgIpc) is 2.42. The number of carbonyl (C=O) groups is 1. The monoisotopic (exact) mass is 196 g/mol. The van der Waals surface area contributed by atoms with Crippen LogP contribution in [-0.2, 0) is 16.3 Å². The first-order valence-electron chi connectivity index (χ1n) is 3.94. The molecule has 1 aliphatic rings. The van der Waals surface area contributed by atoms with Crippen molar-refractivity contribution in [3.05, 3.63) is 29.3 Å². The fourth-order valence-corrected chi connectivity index (χ4v) is 3.09. The highest BCUT2D eigenvalue weighted by atomic mass is 32.2. The normalized spacial score (nSPS) is 18.2. The van der Waals surface area contributed by atoms with Crippen molar-refractivity contribution in [2.24, 2.45) is 0 Å². The summed E-state index contributed by atoms with van der Waals surface area (Å²) in [5.41, 5.74) is 1.25. The van der Waals surface area contributed by atoms with E-state index in [1.165, 1.54) is 6.07 Å². The van der Waals surface area contributed by atoms with Gasteiger partial charge in [0.25, 0.3) is 0 Å². The highest BCUT2D eigenvalue weighted by molar-refractivity contribution is 7.91. The number of hydrogen-bond donors (Lipinski definition) is 0. The second-order valence-corrected chi connectivity index (χ2v) is 5.13. The quantitative estimate of drug-likeness (QED) is 0.625. The largest absolute Gasteiger partial charge is 0.298 e. The van der Waals surface area contributed by atoms with Crippen molar-refractivity contribution in [3.8, 4) is 0 Å². The van der Waals surface area contributed by atoms with Crippen LogP contribution < -0.4 is 0 Å². The SMILES string of the molecule is O=Cc1ccc2c(c1)S(=O)(=O)CC2. The molecule has 0 spiro atoms. The molecule has 0 aromatic heterocycles. The van der Waals surface area contributed by atoms with Crippen LogP contribution in [0.4, 0.5) is 0 Å². The van der Waals surface area contributed by atoms with Gasteiger partial charge in [-0.2, -0.15) is 0 Å². The van der Waals surface area contributed by atoms with E-state index in [1.54, 1.807) is 12.1 Å². The molecule has 1 aliphatic heterocycles. The number of sulfone groups is 1. The Bertz CT molecular complexity index is 460. The van der Waals surface area contributed by atoms with E-state index >= 15 is 0 Å². The van der Waals surface area contributed by atoms with Crippen molar-refractivity contribution in [2.75, 3.05) is 5.75 Å². The van der Waals surface area contributed by atoms with E-state index in [0.717, 1.165) is 5.56 Å². The van der Waals surface area contributed by atoms with E-state index in [-0.39, 0.29) is 5.75 Å². The maximum Gasteiger partial charge on any atom is 0.178 e. The minimum atomic E-state index is -3.10. The van der Waals surface area contributed by atoms with Crippen LogP contribution in [0, 0.1) is 0 Å². The number of aldehydes is 1. The van der Waals surface area contributed by atoms with Crippen LogP contribution in [0.25, 0.3) is 0 Å². The first kappa shape index (κ1) is 8.44. The van der Waals surface area contributed by atoms with E-state index in [1.807, 2.05) is 0 Å². The van der Waals surface area contributed by atoms with Crippen LogP contribution in [-0.4, -0.2) is 20.5 Å². The van der Waals surface area contributed by atoms with Gasteiger partial charge >= 0.3 is 0 Å². The van der Waals surface area contributed by atoms with E-state index < -0.39 is 9.84 Å². The van der Waals surface area contributed by atoms with E-state index in [4.69, 9.17) is 0 Å². The number of fused-ring (bicyclic) bond motifs is 1. The Labute approximate surface area is 76.3 Å². The van der Waals surface area contributed by atoms with Crippen molar-refractivity contribution in [2.45, 2.75) is 11.3 Å². The summed E-state index contributed by atoms with van der Waals surface area (Å²) in [5, 5.41) is 0. The summed E-state index contributed by atoms with van der Waals surface area (Å²) in [4.78, 5) is 10.8. The van der Waals surface area contributed by atoms with Gasteiger partial charge in [-0.1, -0.05) is 12.1 Å². The minimum Gasteiger partial charge on any atom is -0.298 e. The zero-order valence-corrected chi connectivity index (χ0v) is 7.67. The zero-order valence-electron chi connectivity index (χ0n) is 6.86. The third-order valence-electron chi connectivity index (χ3n) is 2.20. The number of benzene rings is 1. The molecule has 4 heteroatoms. The Hall–Kier alpha value is -1.16. The van der Waals surface area contributed by atoms with Crippen molar-refractivity contribution in [1.82, 2.24) is 0 Å². The van der Waals surface area contributed by atoms with Crippen LogP contribution in [0.5, 0.6) is 0 Å². The molecule has 1 aromatic carbocycles. The van der Waals surface area contributed by atoms with Crippen LogP contribution in [0.1, 0.15) is 15.9 Å². The number of rotatable bonds is 1. The van der Waals surface area contributed by atoms with Gasteiger partial charge in [-0.3, -0.25) is 4.79 Å². The number of carbonyl (C=O) groups excluding carboxylic acids is 1. The smallest absolute Gasteiger partial charge is 0.178 e. The minimum absolute atomic E-state index is 0.171. The molecule has 0 atom stereocenters. The van der Waals surface area contributed by atoms with E-state index in [0.29, 0.717) is 23.2 Å². The molecule has 0 fully saturated rings. The van der Waals surface area contributed by atoms with Gasteiger partial charge in [0, 0.05) is 5.56 Å². The molecule has 2 rings (SSSR count). The third-order valence-corrected chi connectivity index (χ3v) is 3.99. The Balaban J connectivity index is 2.69. The van der Waals surface area contributed by atoms with Gasteiger partial charge in [0.2, 0.25) is 0 Å². The average molecular weight is 196 g/mol. The van der Waals surface area contributed by atoms with Crippen molar-refractivity contribution in [3.63, 3.8) is 0 Å². The predicted molar refractivity (Wildman–Crippen MR) is 47.6 cm³/mol. The van der Waals surface area contributed by atoms with Crippen LogP contribution in [0.15, 0.2) is 23.1 Å². The van der Waals surface area contributed by atoms with Crippen LogP contribution in [0.2, 0.25) is 0 Å². The summed E-state index contributed by atoms with van der Waals surface area (Å²) in [7, 11) is -3.10. The molecular weight excluding hydrogens is 188 g/mol. The highest BCUT2D eigenvalue weighted by Crippen LogP contribution is 2.26. The number of aryl methyl sites for hydroxylation is 1. The Morgan fingerprint density at radius 1 is 1.31 bits per heavy atom. The molecule has 0 unspecified atom stereocenters. The number of hydrogen-bond acceptors (Lipinski definition) is 3. The molecule has 0 N–H and O–H groups in total. The molecular formula is C9H8O3S. The molecule has 1 heterocycles. The van der Waals surface area contributed by atoms with Crippen molar-refractivity contribution < 1.29 is 13.2 Å². The first-order valence-corrected chi connectivity index (χ1v) is 5.59. The maximum absolute atomic E-state index is 11.4. The standard InChI is InChI=1S/C9H8O3S/c10-6-7-1-2-8-3-4-13(11,12)9(8)5-7/h1-2,5-6H,3-4H2. The molecule has 0 radical (unpaired) electrons. The van der Waals surface area contributed by atoms with E-state index in [9.17, 15) is 13.2 Å². The predicted octanol–water partition coefficient (Wildman–Crippen LogP) is 0.829. The topological polar surface area (TPSA) is 51.2 Å². The van der Waals surface area contributed by atoms with Crippen LogP contribution in [0.3, 0.4) is 0 Å². The Morgan fingerprint density at radius 3 is 2.77 bits per heavy atom. The lowest BCUT2D eigenvalue weighted by molar-refractivity contribution is 0.112. The van der Waals surface area contributed by atoms with E-state index in [2.05, 4.69) is 0 Å². The molecule has 0 bridgehead atoms. The summed E-state index contributed by atoms with van der Waals surface area (Å²) in [6, 6.07) is 4.81. The maximum atomic E-state index is 11.4. The lowest BCUT2D eigenvalue weighted by Crippen LogP contribution is -1.99. The molecule has 0 saturated heterocycles. The van der Waals surface area contributed by atoms with Gasteiger partial charge in [-0.05, 0) is 18.1 Å². The molecule has 0 aliphatic carbocycles. The summed E-state index contributed by atoms with van der Waals surface area (Å²) in [5.74, 6) is 0.171. The summed E-state index contributed by atoms with van der Waals surface area (Å²) in [6.07, 6.45) is 1.23. The zero-order chi connectivity index (χ0) is 9.47. The molecule has 68 valence electrons. The third kappa shape index (κ3) is 1.27. The van der Waals surface area contributed by atoms with Gasteiger partial charge in [-0.15, -0.1) is 0 Å². The second-order valence-electron chi connectivity index (χ2n) is 3.05. The van der Waals surface area contributed by atoms with Gasteiger partial charge in [0.15, 0.2) is 9.84 Å². The molecule has 0 saturated carbocycles. The Kier molecular flexibility index (Phi) is 1.73. The molecule has 0 amide bonds. The lowest BCUT2D eigenvalue weighted by atomic mass is 10.1. The van der Waals surface area contributed by atoms with Gasteiger partial charge in [0.1, 0.15) is 6.29 Å². The summed E-state index contributed by atoms with van der Waals surface area (Å²) < 4.78 is 22.8. The van der Waals surface area contributed by atoms with Gasteiger partial charge < -0.3 is 0 Å². The molecule has 1 aromatic rings. The highest BCUT2D eigenvalue weighted by Gasteiger charge is 2.25. The van der Waals surface area contributed by atoms with Crippen molar-refractivity contribution >= 4 is 16.1 Å². The first-order chi connectivity index (χ1) is 6.13. The molecule has 13 heavy (non-hydrogen) atoms. The van der Waals surface area contributed by atoms with Crippen molar-refractivity contribution in [1.29, 1.82) is 0 Å². The van der Waals surface area contributed by atoms with Crippen LogP contribution >= 0.6 is 0 Å². The second kappa shape index (κ2) is 2.67. The van der Waals surface area contributed by atoms with Gasteiger partial charge in [-0.25, -0.2) is 8.42 Å². The fraction of sp³-hybridized carbons (Fsp3) is 0.222. The summed E-state index contributed by atoms with van der Waals surface area (Å²) >= 11 is 0. The lowest BCUT2D eigenvalue weighted by Gasteiger charge is -1.97. The van der Waals surface area contributed by atoms with Gasteiger partial charge in [0.05, 0.1) is 10.6 Å². The molecule has 3 nitrogen and oxygen atoms in total.